The molecule has 5 nitrogen and oxygen atoms in total. The molecule has 0 spiro atoms. The highest BCUT2D eigenvalue weighted by Crippen LogP contribution is 2.30. The number of rotatable bonds is 6. The van der Waals surface area contributed by atoms with Crippen LogP contribution in [0.4, 0.5) is 14.9 Å². The van der Waals surface area contributed by atoms with Crippen LogP contribution in [0.2, 0.25) is 0 Å². The van der Waals surface area contributed by atoms with Crippen LogP contribution in [-0.4, -0.2) is 17.6 Å². The number of benzene rings is 3. The van der Waals surface area contributed by atoms with E-state index in [0.717, 1.165) is 33.2 Å². The zero-order valence-corrected chi connectivity index (χ0v) is 17.1. The Morgan fingerprint density at radius 2 is 1.87 bits per heavy atom. The van der Waals surface area contributed by atoms with E-state index < -0.39 is 0 Å². The van der Waals surface area contributed by atoms with E-state index in [4.69, 9.17) is 4.74 Å². The zero-order valence-electron chi connectivity index (χ0n) is 17.1. The summed E-state index contributed by atoms with van der Waals surface area (Å²) in [6.07, 6.45) is 3.47. The summed E-state index contributed by atoms with van der Waals surface area (Å²) in [5.74, 6) is 0.474. The molecule has 31 heavy (non-hydrogen) atoms. The van der Waals surface area contributed by atoms with Gasteiger partial charge in [0.05, 0.1) is 6.61 Å². The molecule has 6 heteroatoms. The molecule has 4 aromatic rings. The quantitative estimate of drug-likeness (QED) is 0.421. The van der Waals surface area contributed by atoms with Crippen molar-refractivity contribution in [1.29, 1.82) is 0 Å². The average Bonchev–Trinajstić information content (AvgIpc) is 2.79. The maximum absolute atomic E-state index is 13.7. The second-order valence-corrected chi connectivity index (χ2v) is 6.97. The number of pyridine rings is 1. The van der Waals surface area contributed by atoms with Crippen LogP contribution in [0.5, 0.6) is 5.75 Å². The number of aromatic nitrogens is 1. The van der Waals surface area contributed by atoms with Crippen molar-refractivity contribution in [3.8, 4) is 16.9 Å². The third kappa shape index (κ3) is 4.80. The minimum Gasteiger partial charge on any atom is -0.494 e. The van der Waals surface area contributed by atoms with Gasteiger partial charge in [-0.15, -0.1) is 0 Å². The lowest BCUT2D eigenvalue weighted by atomic mass is 9.96. The number of urea groups is 1. The molecule has 0 saturated carbocycles. The number of nitrogens with zero attached hydrogens (tertiary/aromatic N) is 1. The average molecular weight is 415 g/mol. The van der Waals surface area contributed by atoms with Gasteiger partial charge in [-0.3, -0.25) is 4.98 Å². The standard InChI is InChI=1S/C25H22FN3O2/c1-2-31-21-9-7-20(8-10-21)29-25(30)28-15-18-6-11-22(17-4-3-5-19(26)14-17)23-12-13-27-16-24(18)23/h3-14,16H,2,15H2,1H3,(H2,28,29,30). The molecular weight excluding hydrogens is 393 g/mol. The number of hydrogen-bond donors (Lipinski definition) is 2. The van der Waals surface area contributed by atoms with Crippen LogP contribution in [-0.2, 0) is 6.54 Å². The summed E-state index contributed by atoms with van der Waals surface area (Å²) in [6.45, 7) is 2.84. The minimum atomic E-state index is -0.310. The fourth-order valence-corrected chi connectivity index (χ4v) is 3.46. The lowest BCUT2D eigenvalue weighted by molar-refractivity contribution is 0.252. The summed E-state index contributed by atoms with van der Waals surface area (Å²) in [4.78, 5) is 16.6. The summed E-state index contributed by atoms with van der Waals surface area (Å²) in [7, 11) is 0. The highest BCUT2D eigenvalue weighted by Gasteiger charge is 2.10. The van der Waals surface area contributed by atoms with Crippen LogP contribution >= 0.6 is 0 Å². The van der Waals surface area contributed by atoms with Gasteiger partial charge in [0.15, 0.2) is 0 Å². The van der Waals surface area contributed by atoms with Gasteiger partial charge in [0.1, 0.15) is 11.6 Å². The SMILES string of the molecule is CCOc1ccc(NC(=O)NCc2ccc(-c3cccc(F)c3)c3ccncc23)cc1. The number of nitrogens with one attached hydrogen (secondary N) is 2. The number of anilines is 1. The van der Waals surface area contributed by atoms with Gasteiger partial charge in [-0.1, -0.05) is 24.3 Å². The molecule has 0 aliphatic heterocycles. The molecule has 156 valence electrons. The Morgan fingerprint density at radius 3 is 2.65 bits per heavy atom. The Labute approximate surface area is 179 Å². The van der Waals surface area contributed by atoms with Crippen molar-refractivity contribution >= 4 is 22.5 Å². The summed E-state index contributed by atoms with van der Waals surface area (Å²) in [6, 6.07) is 19.2. The first-order valence-corrected chi connectivity index (χ1v) is 10.0. The normalized spacial score (nSPS) is 10.6. The van der Waals surface area contributed by atoms with Crippen molar-refractivity contribution in [3.63, 3.8) is 0 Å². The van der Waals surface area contributed by atoms with Crippen molar-refractivity contribution in [1.82, 2.24) is 10.3 Å². The van der Waals surface area contributed by atoms with Gasteiger partial charge in [-0.25, -0.2) is 9.18 Å². The van der Waals surface area contributed by atoms with E-state index in [1.54, 1.807) is 30.6 Å². The third-order valence-electron chi connectivity index (χ3n) is 4.91. The summed E-state index contributed by atoms with van der Waals surface area (Å²) in [5.41, 5.74) is 3.31. The van der Waals surface area contributed by atoms with Crippen LogP contribution < -0.4 is 15.4 Å². The van der Waals surface area contributed by atoms with Gasteiger partial charge >= 0.3 is 6.03 Å². The molecule has 2 N–H and O–H groups in total. The fraction of sp³-hybridized carbons (Fsp3) is 0.120. The van der Waals surface area contributed by atoms with Crippen molar-refractivity contribution in [3.05, 3.63) is 90.5 Å². The van der Waals surface area contributed by atoms with Crippen LogP contribution in [0.1, 0.15) is 12.5 Å². The van der Waals surface area contributed by atoms with E-state index in [2.05, 4.69) is 15.6 Å². The molecule has 0 aliphatic carbocycles. The van der Waals surface area contributed by atoms with Gasteiger partial charge in [-0.2, -0.15) is 0 Å². The van der Waals surface area contributed by atoms with E-state index >= 15 is 0 Å². The fourth-order valence-electron chi connectivity index (χ4n) is 3.46. The number of carbonyl (C=O) groups excluding carboxylic acids is 1. The van der Waals surface area contributed by atoms with E-state index in [9.17, 15) is 9.18 Å². The van der Waals surface area contributed by atoms with E-state index in [1.807, 2.05) is 43.3 Å². The number of hydrogen-bond acceptors (Lipinski definition) is 3. The molecule has 0 saturated heterocycles. The Balaban J connectivity index is 1.50. The van der Waals surface area contributed by atoms with Crippen LogP contribution in [0.25, 0.3) is 21.9 Å². The molecule has 0 atom stereocenters. The molecular formula is C25H22FN3O2. The van der Waals surface area contributed by atoms with Crippen molar-refractivity contribution < 1.29 is 13.9 Å². The van der Waals surface area contributed by atoms with Gasteiger partial charge in [0.2, 0.25) is 0 Å². The molecule has 1 heterocycles. The lowest BCUT2D eigenvalue weighted by Crippen LogP contribution is -2.28. The molecule has 0 radical (unpaired) electrons. The second kappa shape index (κ2) is 9.26. The Bertz CT molecular complexity index is 1210. The first kappa shape index (κ1) is 20.3. The van der Waals surface area contributed by atoms with Gasteiger partial charge in [-0.05, 0) is 71.5 Å². The molecule has 1 aromatic heterocycles. The monoisotopic (exact) mass is 415 g/mol. The van der Waals surface area contributed by atoms with E-state index in [0.29, 0.717) is 18.8 Å². The van der Waals surface area contributed by atoms with E-state index in [-0.39, 0.29) is 11.8 Å². The van der Waals surface area contributed by atoms with Crippen molar-refractivity contribution in [2.75, 3.05) is 11.9 Å². The predicted molar refractivity (Wildman–Crippen MR) is 121 cm³/mol. The number of amides is 2. The lowest BCUT2D eigenvalue weighted by Gasteiger charge is -2.13. The first-order chi connectivity index (χ1) is 15.1. The zero-order chi connectivity index (χ0) is 21.6. The summed E-state index contributed by atoms with van der Waals surface area (Å²) >= 11 is 0. The molecule has 4 rings (SSSR count). The topological polar surface area (TPSA) is 63.2 Å². The van der Waals surface area contributed by atoms with Crippen LogP contribution in [0.3, 0.4) is 0 Å². The number of fused-ring (bicyclic) bond motifs is 1. The molecule has 3 aromatic carbocycles. The maximum atomic E-state index is 13.7. The van der Waals surface area contributed by atoms with Crippen molar-refractivity contribution in [2.45, 2.75) is 13.5 Å². The summed E-state index contributed by atoms with van der Waals surface area (Å²) in [5, 5.41) is 7.55. The second-order valence-electron chi connectivity index (χ2n) is 6.97. The van der Waals surface area contributed by atoms with Crippen LogP contribution in [0.15, 0.2) is 79.1 Å². The molecule has 0 bridgehead atoms. The van der Waals surface area contributed by atoms with E-state index in [1.165, 1.54) is 12.1 Å². The third-order valence-corrected chi connectivity index (χ3v) is 4.91. The Hall–Kier alpha value is -3.93. The van der Waals surface area contributed by atoms with Gasteiger partial charge < -0.3 is 15.4 Å². The van der Waals surface area contributed by atoms with Gasteiger partial charge in [0, 0.05) is 30.0 Å². The van der Waals surface area contributed by atoms with Crippen LogP contribution in [0, 0.1) is 5.82 Å². The van der Waals surface area contributed by atoms with Gasteiger partial charge in [0.25, 0.3) is 0 Å². The Kier molecular flexibility index (Phi) is 6.08. The Morgan fingerprint density at radius 1 is 1.03 bits per heavy atom. The molecule has 0 aliphatic rings. The number of carbonyl (C=O) groups is 1. The maximum Gasteiger partial charge on any atom is 0.319 e. The minimum absolute atomic E-state index is 0.281. The smallest absolute Gasteiger partial charge is 0.319 e. The summed E-state index contributed by atoms with van der Waals surface area (Å²) < 4.78 is 19.1. The van der Waals surface area contributed by atoms with Crippen molar-refractivity contribution in [2.24, 2.45) is 0 Å². The number of ether oxygens (including phenoxy) is 1. The predicted octanol–water partition coefficient (Wildman–Crippen LogP) is 5.76. The molecule has 2 amide bonds. The highest BCUT2D eigenvalue weighted by molar-refractivity contribution is 5.98. The highest BCUT2D eigenvalue weighted by atomic mass is 19.1. The molecule has 0 unspecified atom stereocenters. The molecule has 0 fully saturated rings. The largest absolute Gasteiger partial charge is 0.494 e. The first-order valence-electron chi connectivity index (χ1n) is 10.0. The number of halogens is 1.